The Balaban J connectivity index is 3.21. The van der Waals surface area contributed by atoms with Crippen molar-refractivity contribution in [2.75, 3.05) is 34.0 Å². The fourth-order valence-corrected chi connectivity index (χ4v) is 5.72. The molecule has 144 valence electrons. The normalized spacial score (nSPS) is 13.2. The SMILES string of the molecule is CCOC(=O)c1ccc(C(CC(OC)OC)P(=O)(OCC)OCC)s1. The van der Waals surface area contributed by atoms with Crippen molar-refractivity contribution in [1.82, 2.24) is 0 Å². The van der Waals surface area contributed by atoms with Gasteiger partial charge in [-0.2, -0.15) is 0 Å². The summed E-state index contributed by atoms with van der Waals surface area (Å²) < 4.78 is 39.9. The van der Waals surface area contributed by atoms with Crippen LogP contribution in [0.2, 0.25) is 0 Å². The van der Waals surface area contributed by atoms with Crippen molar-refractivity contribution in [2.24, 2.45) is 0 Å². The summed E-state index contributed by atoms with van der Waals surface area (Å²) in [5.74, 6) is -0.407. The van der Waals surface area contributed by atoms with Crippen LogP contribution in [0.1, 0.15) is 47.4 Å². The van der Waals surface area contributed by atoms with Gasteiger partial charge in [-0.3, -0.25) is 4.57 Å². The van der Waals surface area contributed by atoms with E-state index in [0.717, 1.165) is 0 Å². The molecule has 1 atom stereocenters. The Morgan fingerprint density at radius 1 is 1.08 bits per heavy atom. The fourth-order valence-electron chi connectivity index (χ4n) is 2.29. The third-order valence-corrected chi connectivity index (χ3v) is 7.22. The molecule has 0 fully saturated rings. The zero-order valence-electron chi connectivity index (χ0n) is 15.4. The molecule has 0 N–H and O–H groups in total. The first-order valence-electron chi connectivity index (χ1n) is 8.16. The van der Waals surface area contributed by atoms with Crippen LogP contribution in [0.25, 0.3) is 0 Å². The maximum Gasteiger partial charge on any atom is 0.348 e. The number of ether oxygens (including phenoxy) is 3. The molecule has 1 aromatic heterocycles. The van der Waals surface area contributed by atoms with E-state index in [1.807, 2.05) is 0 Å². The monoisotopic (exact) mass is 394 g/mol. The molecule has 0 amide bonds. The smallest absolute Gasteiger partial charge is 0.348 e. The summed E-state index contributed by atoms with van der Waals surface area (Å²) in [6.07, 6.45) is -0.306. The molecule has 0 saturated heterocycles. The molecule has 0 spiro atoms. The van der Waals surface area contributed by atoms with Gasteiger partial charge in [-0.05, 0) is 32.9 Å². The van der Waals surface area contributed by atoms with Crippen LogP contribution in [0.3, 0.4) is 0 Å². The standard InChI is InChI=1S/C16H27O7PS/c1-6-21-16(17)14-10-9-13(25-14)12(11-15(19-4)20-5)24(18,22-7-2)23-8-3/h9-10,12,15H,6-8,11H2,1-5H3. The van der Waals surface area contributed by atoms with Crippen LogP contribution in [0, 0.1) is 0 Å². The molecule has 1 rings (SSSR count). The highest BCUT2D eigenvalue weighted by Gasteiger charge is 2.40. The minimum absolute atomic E-state index is 0.245. The largest absolute Gasteiger partial charge is 0.462 e. The van der Waals surface area contributed by atoms with Crippen LogP contribution < -0.4 is 0 Å². The van der Waals surface area contributed by atoms with Gasteiger partial charge in [-0.25, -0.2) is 4.79 Å². The van der Waals surface area contributed by atoms with Crippen LogP contribution >= 0.6 is 18.9 Å². The number of rotatable bonds is 12. The predicted octanol–water partition coefficient (Wildman–Crippen LogP) is 4.24. The first kappa shape index (κ1) is 22.3. The van der Waals surface area contributed by atoms with Crippen molar-refractivity contribution in [1.29, 1.82) is 0 Å². The number of esters is 1. The molecule has 0 bridgehead atoms. The van der Waals surface area contributed by atoms with Gasteiger partial charge < -0.3 is 23.3 Å². The van der Waals surface area contributed by atoms with Crippen LogP contribution in [-0.4, -0.2) is 46.3 Å². The molecule has 0 aliphatic heterocycles. The zero-order chi connectivity index (χ0) is 18.9. The summed E-state index contributed by atoms with van der Waals surface area (Å²) in [4.78, 5) is 13.1. The fraction of sp³-hybridized carbons (Fsp3) is 0.688. The van der Waals surface area contributed by atoms with Gasteiger partial charge >= 0.3 is 13.6 Å². The predicted molar refractivity (Wildman–Crippen MR) is 96.3 cm³/mol. The molecular weight excluding hydrogens is 367 g/mol. The maximum absolute atomic E-state index is 13.3. The number of carbonyl (C=O) groups excluding carboxylic acids is 1. The molecule has 0 saturated carbocycles. The Morgan fingerprint density at radius 3 is 2.16 bits per heavy atom. The topological polar surface area (TPSA) is 80.3 Å². The van der Waals surface area contributed by atoms with Gasteiger partial charge in [0.05, 0.1) is 19.8 Å². The molecule has 1 unspecified atom stereocenters. The molecule has 1 aromatic rings. The lowest BCUT2D eigenvalue weighted by Gasteiger charge is -2.27. The summed E-state index contributed by atoms with van der Waals surface area (Å²) in [5.41, 5.74) is -0.606. The Morgan fingerprint density at radius 2 is 1.68 bits per heavy atom. The zero-order valence-corrected chi connectivity index (χ0v) is 17.1. The van der Waals surface area contributed by atoms with Gasteiger partial charge in [0.15, 0.2) is 6.29 Å². The van der Waals surface area contributed by atoms with E-state index in [0.29, 0.717) is 16.4 Å². The van der Waals surface area contributed by atoms with Gasteiger partial charge in [-0.15, -0.1) is 11.3 Å². The van der Waals surface area contributed by atoms with Gasteiger partial charge in [0.2, 0.25) is 0 Å². The summed E-state index contributed by atoms with van der Waals surface area (Å²) in [6, 6.07) is 3.40. The molecule has 0 aliphatic carbocycles. The second kappa shape index (κ2) is 11.1. The van der Waals surface area contributed by atoms with E-state index in [-0.39, 0.29) is 19.6 Å². The molecular formula is C16H27O7PS. The summed E-state index contributed by atoms with van der Waals surface area (Å²) in [6.45, 7) is 6.04. The van der Waals surface area contributed by atoms with E-state index < -0.39 is 25.5 Å². The van der Waals surface area contributed by atoms with Crippen LogP contribution in [0.15, 0.2) is 12.1 Å². The third-order valence-electron chi connectivity index (χ3n) is 3.37. The molecule has 25 heavy (non-hydrogen) atoms. The van der Waals surface area contributed by atoms with E-state index in [1.54, 1.807) is 32.9 Å². The lowest BCUT2D eigenvalue weighted by Crippen LogP contribution is -2.18. The van der Waals surface area contributed by atoms with E-state index in [2.05, 4.69) is 0 Å². The Bertz CT molecular complexity index is 561. The maximum atomic E-state index is 13.3. The summed E-state index contributed by atoms with van der Waals surface area (Å²) in [7, 11) is -0.446. The summed E-state index contributed by atoms with van der Waals surface area (Å²) in [5, 5.41) is 0. The lowest BCUT2D eigenvalue weighted by atomic mass is 10.2. The minimum atomic E-state index is -3.47. The molecule has 0 radical (unpaired) electrons. The van der Waals surface area contributed by atoms with E-state index in [1.165, 1.54) is 25.6 Å². The molecule has 0 aliphatic rings. The Hall–Kier alpha value is -0.760. The number of carbonyl (C=O) groups is 1. The number of methoxy groups -OCH3 is 2. The van der Waals surface area contributed by atoms with Crippen molar-refractivity contribution < 1.29 is 32.6 Å². The highest BCUT2D eigenvalue weighted by molar-refractivity contribution is 7.54. The molecule has 9 heteroatoms. The van der Waals surface area contributed by atoms with E-state index in [9.17, 15) is 9.36 Å². The van der Waals surface area contributed by atoms with E-state index >= 15 is 0 Å². The minimum Gasteiger partial charge on any atom is -0.462 e. The third kappa shape index (κ3) is 6.16. The highest BCUT2D eigenvalue weighted by atomic mass is 32.1. The van der Waals surface area contributed by atoms with Crippen molar-refractivity contribution in [3.63, 3.8) is 0 Å². The number of hydrogen-bond acceptors (Lipinski definition) is 8. The van der Waals surface area contributed by atoms with Gasteiger partial charge in [-0.1, -0.05) is 0 Å². The van der Waals surface area contributed by atoms with Gasteiger partial charge in [0, 0.05) is 25.5 Å². The van der Waals surface area contributed by atoms with Crippen molar-refractivity contribution in [3.8, 4) is 0 Å². The molecule has 0 aromatic carbocycles. The lowest BCUT2D eigenvalue weighted by molar-refractivity contribution is -0.107. The average molecular weight is 394 g/mol. The first-order chi connectivity index (χ1) is 11.9. The summed E-state index contributed by atoms with van der Waals surface area (Å²) >= 11 is 1.21. The van der Waals surface area contributed by atoms with Gasteiger partial charge in [0.1, 0.15) is 10.5 Å². The van der Waals surface area contributed by atoms with Crippen LogP contribution in [-0.2, 0) is 27.8 Å². The molecule has 1 heterocycles. The first-order valence-corrected chi connectivity index (χ1v) is 10.6. The quantitative estimate of drug-likeness (QED) is 0.298. The highest BCUT2D eigenvalue weighted by Crippen LogP contribution is 2.63. The number of thiophene rings is 1. The Labute approximate surface area is 153 Å². The second-order valence-corrected chi connectivity index (χ2v) is 8.29. The van der Waals surface area contributed by atoms with E-state index in [4.69, 9.17) is 23.3 Å². The molecule has 7 nitrogen and oxygen atoms in total. The van der Waals surface area contributed by atoms with Crippen molar-refractivity contribution >= 4 is 24.9 Å². The Kier molecular flexibility index (Phi) is 9.86. The van der Waals surface area contributed by atoms with Gasteiger partial charge in [0.25, 0.3) is 0 Å². The van der Waals surface area contributed by atoms with Crippen molar-refractivity contribution in [2.45, 2.75) is 39.1 Å². The number of hydrogen-bond donors (Lipinski definition) is 0. The van der Waals surface area contributed by atoms with Crippen molar-refractivity contribution in [3.05, 3.63) is 21.9 Å². The average Bonchev–Trinajstić information content (AvgIpc) is 3.06. The second-order valence-electron chi connectivity index (χ2n) is 4.95. The van der Waals surface area contributed by atoms with Crippen LogP contribution in [0.5, 0.6) is 0 Å². The van der Waals surface area contributed by atoms with Crippen LogP contribution in [0.4, 0.5) is 0 Å².